The number of esters is 2. The number of aliphatic hydroxyl groups excluding tert-OH is 7. The molecule has 1 saturated heterocycles. The van der Waals surface area contributed by atoms with Crippen molar-refractivity contribution < 1.29 is 59.5 Å². The zero-order valence-corrected chi connectivity index (χ0v) is 13.1. The Balaban J connectivity index is 2.78. The van der Waals surface area contributed by atoms with Crippen molar-refractivity contribution >= 4 is 11.9 Å². The fourth-order valence-corrected chi connectivity index (χ4v) is 1.90. The Morgan fingerprint density at radius 1 is 1.24 bits per heavy atom. The number of hydrogen-bond acceptors (Lipinski definition) is 12. The molecule has 7 N–H and O–H groups in total. The van der Waals surface area contributed by atoms with Crippen molar-refractivity contribution in [3.8, 4) is 0 Å². The Labute approximate surface area is 141 Å². The van der Waals surface area contributed by atoms with Crippen molar-refractivity contribution in [2.45, 2.75) is 36.6 Å². The van der Waals surface area contributed by atoms with E-state index >= 15 is 0 Å². The van der Waals surface area contributed by atoms with Crippen LogP contribution >= 0.6 is 0 Å². The fourth-order valence-electron chi connectivity index (χ4n) is 1.90. The van der Waals surface area contributed by atoms with Gasteiger partial charge in [0.1, 0.15) is 31.0 Å². The maximum atomic E-state index is 11.9. The number of aliphatic hydroxyl groups is 7. The van der Waals surface area contributed by atoms with Crippen LogP contribution < -0.4 is 0 Å². The van der Waals surface area contributed by atoms with Gasteiger partial charge in [-0.25, -0.2) is 9.59 Å². The predicted octanol–water partition coefficient (Wildman–Crippen LogP) is -4.33. The maximum Gasteiger partial charge on any atom is 0.377 e. The minimum absolute atomic E-state index is 0.770. The van der Waals surface area contributed by atoms with E-state index in [2.05, 4.69) is 14.2 Å². The second-order valence-corrected chi connectivity index (χ2v) is 5.11. The van der Waals surface area contributed by atoms with Crippen LogP contribution in [0.2, 0.25) is 0 Å². The van der Waals surface area contributed by atoms with Gasteiger partial charge in [0.25, 0.3) is 0 Å². The molecule has 0 aromatic rings. The molecule has 0 aliphatic carbocycles. The Kier molecular flexibility index (Phi) is 7.54. The summed E-state index contributed by atoms with van der Waals surface area (Å²) in [6.07, 6.45) is -10.9. The molecule has 0 radical (unpaired) electrons. The van der Waals surface area contributed by atoms with E-state index in [1.54, 1.807) is 0 Å². The summed E-state index contributed by atoms with van der Waals surface area (Å²) in [6, 6.07) is 0. The normalized spacial score (nSPS) is 30.0. The molecule has 6 unspecified atom stereocenters. The molecule has 1 aliphatic rings. The third kappa shape index (κ3) is 4.78. The van der Waals surface area contributed by atoms with Crippen LogP contribution in [0.4, 0.5) is 0 Å². The molecule has 1 fully saturated rings. The van der Waals surface area contributed by atoms with Gasteiger partial charge < -0.3 is 50.0 Å². The van der Waals surface area contributed by atoms with E-state index in [9.17, 15) is 40.2 Å². The van der Waals surface area contributed by atoms with E-state index in [0.29, 0.717) is 0 Å². The summed E-state index contributed by atoms with van der Waals surface area (Å²) in [5.41, 5.74) is 0. The monoisotopic (exact) mass is 368 g/mol. The minimum Gasteiger partial charge on any atom is -0.506 e. The first kappa shape index (κ1) is 21.1. The highest BCUT2D eigenvalue weighted by molar-refractivity contribution is 5.87. The quantitative estimate of drug-likeness (QED) is 0.129. The van der Waals surface area contributed by atoms with Gasteiger partial charge in [0.15, 0.2) is 18.0 Å². The van der Waals surface area contributed by atoms with Crippen molar-refractivity contribution in [3.05, 3.63) is 11.5 Å². The molecule has 6 atom stereocenters. The van der Waals surface area contributed by atoms with Crippen LogP contribution in [0.25, 0.3) is 0 Å². The van der Waals surface area contributed by atoms with Gasteiger partial charge in [-0.1, -0.05) is 0 Å². The first-order valence-corrected chi connectivity index (χ1v) is 7.01. The number of ether oxygens (including phenoxy) is 3. The summed E-state index contributed by atoms with van der Waals surface area (Å²) in [5, 5.41) is 65.5. The van der Waals surface area contributed by atoms with Gasteiger partial charge >= 0.3 is 11.9 Å². The third-order valence-corrected chi connectivity index (χ3v) is 3.40. The molecular weight excluding hydrogens is 348 g/mol. The first-order chi connectivity index (χ1) is 11.6. The molecule has 1 rings (SSSR count). The van der Waals surface area contributed by atoms with Crippen LogP contribution in [0.15, 0.2) is 11.5 Å². The largest absolute Gasteiger partial charge is 0.506 e. The highest BCUT2D eigenvalue weighted by Crippen LogP contribution is 2.18. The Morgan fingerprint density at radius 3 is 2.36 bits per heavy atom. The molecule has 25 heavy (non-hydrogen) atoms. The SMILES string of the molecule is CO/C(C(=O)OCC1OC(=O)C(O)C(O)C1O)=C(\O)C(O)C(O)CO. The average molecular weight is 368 g/mol. The molecule has 0 saturated carbocycles. The van der Waals surface area contributed by atoms with Gasteiger partial charge in [0.05, 0.1) is 13.7 Å². The number of methoxy groups -OCH3 is 1. The van der Waals surface area contributed by atoms with E-state index in [0.717, 1.165) is 7.11 Å². The molecule has 1 aliphatic heterocycles. The highest BCUT2D eigenvalue weighted by Gasteiger charge is 2.44. The summed E-state index contributed by atoms with van der Waals surface area (Å²) in [7, 11) is 0.945. The lowest BCUT2D eigenvalue weighted by Gasteiger charge is -2.33. The average Bonchev–Trinajstić information content (AvgIpc) is 2.60. The second kappa shape index (κ2) is 8.94. The Hall–Kier alpha value is -1.96. The summed E-state index contributed by atoms with van der Waals surface area (Å²) < 4.78 is 13.8. The Bertz CT molecular complexity index is 517. The van der Waals surface area contributed by atoms with Gasteiger partial charge in [-0.2, -0.15) is 0 Å². The van der Waals surface area contributed by atoms with Crippen LogP contribution in [-0.2, 0) is 23.8 Å². The molecule has 0 aromatic heterocycles. The number of rotatable bonds is 7. The summed E-state index contributed by atoms with van der Waals surface area (Å²) >= 11 is 0. The van der Waals surface area contributed by atoms with Gasteiger partial charge in [-0.15, -0.1) is 0 Å². The summed E-state index contributed by atoms with van der Waals surface area (Å²) in [4.78, 5) is 23.1. The lowest BCUT2D eigenvalue weighted by molar-refractivity contribution is -0.209. The van der Waals surface area contributed by atoms with Crippen molar-refractivity contribution in [2.24, 2.45) is 0 Å². The number of hydrogen-bond donors (Lipinski definition) is 7. The van der Waals surface area contributed by atoms with Crippen LogP contribution in [0.3, 0.4) is 0 Å². The third-order valence-electron chi connectivity index (χ3n) is 3.40. The smallest absolute Gasteiger partial charge is 0.377 e. The van der Waals surface area contributed by atoms with Crippen LogP contribution in [0.1, 0.15) is 0 Å². The van der Waals surface area contributed by atoms with Gasteiger partial charge in [-0.05, 0) is 0 Å². The molecule has 144 valence electrons. The van der Waals surface area contributed by atoms with E-state index < -0.39 is 73.3 Å². The predicted molar refractivity (Wildman–Crippen MR) is 74.6 cm³/mol. The van der Waals surface area contributed by atoms with Crippen LogP contribution in [-0.4, -0.2) is 105 Å². The van der Waals surface area contributed by atoms with Gasteiger partial charge in [0.2, 0.25) is 5.76 Å². The van der Waals surface area contributed by atoms with E-state index in [1.807, 2.05) is 0 Å². The Morgan fingerprint density at radius 2 is 1.84 bits per heavy atom. The minimum atomic E-state index is -2.04. The standard InChI is InChI=1S/C13H20O12/c1-23-11(9(19)6(16)4(15)2-14)13(22)24-3-5-7(17)8(18)10(20)12(21)25-5/h4-8,10,14-20H,2-3H2,1H3/b11-9-. The molecule has 12 nitrogen and oxygen atoms in total. The molecule has 1 heterocycles. The van der Waals surface area contributed by atoms with Crippen molar-refractivity contribution in [1.29, 1.82) is 0 Å². The number of carbonyl (C=O) groups is 2. The lowest BCUT2D eigenvalue weighted by Crippen LogP contribution is -2.57. The molecular formula is C13H20O12. The topological polar surface area (TPSA) is 203 Å². The van der Waals surface area contributed by atoms with E-state index in [-0.39, 0.29) is 0 Å². The second-order valence-electron chi connectivity index (χ2n) is 5.11. The van der Waals surface area contributed by atoms with Crippen LogP contribution in [0, 0.1) is 0 Å². The molecule has 0 aromatic carbocycles. The highest BCUT2D eigenvalue weighted by atomic mass is 16.6. The zero-order chi connectivity index (χ0) is 19.3. The van der Waals surface area contributed by atoms with Crippen molar-refractivity contribution in [3.63, 3.8) is 0 Å². The van der Waals surface area contributed by atoms with Gasteiger partial charge in [0, 0.05) is 0 Å². The maximum absolute atomic E-state index is 11.9. The molecule has 12 heteroatoms. The number of carbonyl (C=O) groups excluding carboxylic acids is 2. The summed E-state index contributed by atoms with van der Waals surface area (Å²) in [5.74, 6) is -4.61. The zero-order valence-electron chi connectivity index (χ0n) is 13.1. The van der Waals surface area contributed by atoms with Gasteiger partial charge in [-0.3, -0.25) is 0 Å². The molecule has 0 spiro atoms. The van der Waals surface area contributed by atoms with E-state index in [4.69, 9.17) is 5.11 Å². The van der Waals surface area contributed by atoms with Crippen molar-refractivity contribution in [1.82, 2.24) is 0 Å². The first-order valence-electron chi connectivity index (χ1n) is 7.01. The molecule has 0 amide bonds. The van der Waals surface area contributed by atoms with Crippen LogP contribution in [0.5, 0.6) is 0 Å². The fraction of sp³-hybridized carbons (Fsp3) is 0.692. The summed E-state index contributed by atoms with van der Waals surface area (Å²) in [6.45, 7) is -1.68. The number of cyclic esters (lactones) is 1. The molecule has 0 bridgehead atoms. The van der Waals surface area contributed by atoms with Crippen molar-refractivity contribution in [2.75, 3.05) is 20.3 Å². The lowest BCUT2D eigenvalue weighted by atomic mass is 10.0. The van der Waals surface area contributed by atoms with E-state index in [1.165, 1.54) is 0 Å².